The Kier molecular flexibility index (Phi) is 4.37. The van der Waals surface area contributed by atoms with Crippen LogP contribution in [0, 0.1) is 17.8 Å². The van der Waals surface area contributed by atoms with Gasteiger partial charge in [0.1, 0.15) is 5.75 Å². The van der Waals surface area contributed by atoms with Gasteiger partial charge in [0.15, 0.2) is 0 Å². The highest BCUT2D eigenvalue weighted by atomic mass is 16.5. The summed E-state index contributed by atoms with van der Waals surface area (Å²) in [6, 6.07) is 1.88. The topological polar surface area (TPSA) is 57.4 Å². The van der Waals surface area contributed by atoms with Crippen LogP contribution in [0.5, 0.6) is 5.75 Å². The Morgan fingerprint density at radius 2 is 2.47 bits per heavy atom. The van der Waals surface area contributed by atoms with Gasteiger partial charge >= 0.3 is 0 Å². The van der Waals surface area contributed by atoms with Crippen molar-refractivity contribution in [3.63, 3.8) is 0 Å². The van der Waals surface area contributed by atoms with E-state index in [1.807, 2.05) is 6.07 Å². The van der Waals surface area contributed by atoms with Crippen molar-refractivity contribution in [2.45, 2.75) is 6.42 Å². The molecule has 1 aliphatic heterocycles. The number of ether oxygens (including phenoxy) is 2. The van der Waals surface area contributed by atoms with Crippen LogP contribution in [0.25, 0.3) is 0 Å². The third-order valence-corrected chi connectivity index (χ3v) is 2.56. The average molecular weight is 232 g/mol. The summed E-state index contributed by atoms with van der Waals surface area (Å²) in [5.41, 5.74) is 6.15. The van der Waals surface area contributed by atoms with Gasteiger partial charge < -0.3 is 15.2 Å². The standard InChI is InChI=1S/C13H16N2O2/c14-4-1-2-11-6-13(8-15-7-11)17-10-12-3-5-16-9-12/h6-8,12H,3-5,9-10,14H2. The predicted molar refractivity (Wildman–Crippen MR) is 64.6 cm³/mol. The second-order valence-electron chi connectivity index (χ2n) is 3.96. The third-order valence-electron chi connectivity index (χ3n) is 2.56. The molecule has 2 N–H and O–H groups in total. The molecule has 1 aromatic heterocycles. The summed E-state index contributed by atoms with van der Waals surface area (Å²) in [5, 5.41) is 0. The monoisotopic (exact) mass is 232 g/mol. The maximum atomic E-state index is 5.67. The molecule has 2 heterocycles. The van der Waals surface area contributed by atoms with Crippen LogP contribution in [-0.2, 0) is 4.74 Å². The fraction of sp³-hybridized carbons (Fsp3) is 0.462. The summed E-state index contributed by atoms with van der Waals surface area (Å²) >= 11 is 0. The molecule has 0 amide bonds. The lowest BCUT2D eigenvalue weighted by Crippen LogP contribution is -2.11. The Labute approximate surface area is 101 Å². The van der Waals surface area contributed by atoms with Crippen LogP contribution in [0.15, 0.2) is 18.5 Å². The van der Waals surface area contributed by atoms with Gasteiger partial charge in [-0.2, -0.15) is 0 Å². The quantitative estimate of drug-likeness (QED) is 0.783. The smallest absolute Gasteiger partial charge is 0.138 e. The molecule has 0 saturated carbocycles. The molecule has 1 aromatic rings. The Morgan fingerprint density at radius 1 is 1.53 bits per heavy atom. The van der Waals surface area contributed by atoms with Crippen molar-refractivity contribution in [1.82, 2.24) is 4.98 Å². The molecule has 0 aromatic carbocycles. The van der Waals surface area contributed by atoms with Gasteiger partial charge in [0.25, 0.3) is 0 Å². The largest absolute Gasteiger partial charge is 0.492 e. The van der Waals surface area contributed by atoms with Gasteiger partial charge in [-0.1, -0.05) is 11.8 Å². The molecular weight excluding hydrogens is 216 g/mol. The van der Waals surface area contributed by atoms with Crippen LogP contribution in [0.2, 0.25) is 0 Å². The molecule has 1 fully saturated rings. The number of nitrogens with two attached hydrogens (primary N) is 1. The lowest BCUT2D eigenvalue weighted by Gasteiger charge is -2.09. The van der Waals surface area contributed by atoms with Gasteiger partial charge in [0, 0.05) is 24.3 Å². The zero-order valence-electron chi connectivity index (χ0n) is 9.69. The van der Waals surface area contributed by atoms with E-state index in [-0.39, 0.29) is 0 Å². The van der Waals surface area contributed by atoms with E-state index >= 15 is 0 Å². The molecule has 4 nitrogen and oxygen atoms in total. The fourth-order valence-electron chi connectivity index (χ4n) is 1.65. The molecule has 0 spiro atoms. The van der Waals surface area contributed by atoms with E-state index in [9.17, 15) is 0 Å². The number of pyridine rings is 1. The first-order valence-electron chi connectivity index (χ1n) is 5.73. The van der Waals surface area contributed by atoms with Gasteiger partial charge in [0.2, 0.25) is 0 Å². The van der Waals surface area contributed by atoms with E-state index in [2.05, 4.69) is 16.8 Å². The second kappa shape index (κ2) is 6.24. The Balaban J connectivity index is 1.91. The molecule has 1 saturated heterocycles. The Morgan fingerprint density at radius 3 is 3.24 bits per heavy atom. The number of aromatic nitrogens is 1. The van der Waals surface area contributed by atoms with Gasteiger partial charge in [-0.15, -0.1) is 0 Å². The zero-order valence-corrected chi connectivity index (χ0v) is 9.69. The highest BCUT2D eigenvalue weighted by molar-refractivity contribution is 5.36. The van der Waals surface area contributed by atoms with E-state index < -0.39 is 0 Å². The first-order chi connectivity index (χ1) is 8.38. The average Bonchev–Trinajstić information content (AvgIpc) is 2.87. The van der Waals surface area contributed by atoms with E-state index in [4.69, 9.17) is 15.2 Å². The Hall–Kier alpha value is -1.57. The predicted octanol–water partition coefficient (Wildman–Crippen LogP) is 0.807. The van der Waals surface area contributed by atoms with Crippen LogP contribution >= 0.6 is 0 Å². The van der Waals surface area contributed by atoms with E-state index in [1.54, 1.807) is 12.4 Å². The minimum absolute atomic E-state index is 0.352. The van der Waals surface area contributed by atoms with Crippen LogP contribution in [0.1, 0.15) is 12.0 Å². The fourth-order valence-corrected chi connectivity index (χ4v) is 1.65. The van der Waals surface area contributed by atoms with Crippen molar-refractivity contribution in [3.05, 3.63) is 24.0 Å². The number of hydrogen-bond acceptors (Lipinski definition) is 4. The summed E-state index contributed by atoms with van der Waals surface area (Å²) in [6.07, 6.45) is 4.47. The molecule has 2 rings (SSSR count). The minimum Gasteiger partial charge on any atom is -0.492 e. The molecule has 1 unspecified atom stereocenters. The van der Waals surface area contributed by atoms with Crippen molar-refractivity contribution >= 4 is 0 Å². The molecule has 17 heavy (non-hydrogen) atoms. The summed E-state index contributed by atoms with van der Waals surface area (Å²) < 4.78 is 11.0. The Bertz CT molecular complexity index is 417. The lowest BCUT2D eigenvalue weighted by molar-refractivity contribution is 0.167. The number of rotatable bonds is 3. The van der Waals surface area contributed by atoms with E-state index in [0.29, 0.717) is 19.1 Å². The van der Waals surface area contributed by atoms with Crippen molar-refractivity contribution in [2.24, 2.45) is 11.7 Å². The second-order valence-corrected chi connectivity index (χ2v) is 3.96. The lowest BCUT2D eigenvalue weighted by atomic mass is 10.1. The summed E-state index contributed by atoms with van der Waals surface area (Å²) in [6.45, 7) is 2.66. The number of hydrogen-bond donors (Lipinski definition) is 1. The van der Waals surface area contributed by atoms with Crippen molar-refractivity contribution < 1.29 is 9.47 Å². The summed E-state index contributed by atoms with van der Waals surface area (Å²) in [7, 11) is 0. The first kappa shape index (κ1) is 11.9. The highest BCUT2D eigenvalue weighted by Gasteiger charge is 2.16. The van der Waals surface area contributed by atoms with Gasteiger partial charge in [0.05, 0.1) is 26.0 Å². The van der Waals surface area contributed by atoms with Crippen LogP contribution < -0.4 is 10.5 Å². The van der Waals surface area contributed by atoms with E-state index in [1.165, 1.54) is 0 Å². The zero-order chi connectivity index (χ0) is 11.9. The van der Waals surface area contributed by atoms with Crippen LogP contribution in [0.4, 0.5) is 0 Å². The van der Waals surface area contributed by atoms with Crippen molar-refractivity contribution in [3.8, 4) is 17.6 Å². The summed E-state index contributed by atoms with van der Waals surface area (Å²) in [5.74, 6) is 6.97. The first-order valence-corrected chi connectivity index (χ1v) is 5.73. The molecule has 0 aliphatic carbocycles. The maximum Gasteiger partial charge on any atom is 0.138 e. The minimum atomic E-state index is 0.352. The van der Waals surface area contributed by atoms with E-state index in [0.717, 1.165) is 30.9 Å². The van der Waals surface area contributed by atoms with Crippen molar-refractivity contribution in [1.29, 1.82) is 0 Å². The molecular formula is C13H16N2O2. The molecule has 90 valence electrons. The molecule has 0 radical (unpaired) electrons. The maximum absolute atomic E-state index is 5.67. The van der Waals surface area contributed by atoms with Crippen molar-refractivity contribution in [2.75, 3.05) is 26.4 Å². The third kappa shape index (κ3) is 3.74. The van der Waals surface area contributed by atoms with Crippen LogP contribution in [0.3, 0.4) is 0 Å². The molecule has 1 aliphatic rings. The van der Waals surface area contributed by atoms with Gasteiger partial charge in [-0.25, -0.2) is 0 Å². The summed E-state index contributed by atoms with van der Waals surface area (Å²) in [4.78, 5) is 4.08. The van der Waals surface area contributed by atoms with Gasteiger partial charge in [-0.3, -0.25) is 4.98 Å². The SMILES string of the molecule is NCC#Cc1cncc(OCC2CCOC2)c1. The highest BCUT2D eigenvalue weighted by Crippen LogP contribution is 2.16. The molecule has 0 bridgehead atoms. The molecule has 4 heteroatoms. The number of nitrogens with zero attached hydrogens (tertiary/aromatic N) is 1. The van der Waals surface area contributed by atoms with Crippen LogP contribution in [-0.4, -0.2) is 31.3 Å². The normalized spacial score (nSPS) is 18.5. The molecule has 1 atom stereocenters. The van der Waals surface area contributed by atoms with Gasteiger partial charge in [-0.05, 0) is 12.5 Å².